The van der Waals surface area contributed by atoms with Crippen molar-refractivity contribution in [2.75, 3.05) is 0 Å². The molecule has 0 saturated heterocycles. The molecule has 86 valence electrons. The second-order valence-corrected chi connectivity index (χ2v) is 3.92. The van der Waals surface area contributed by atoms with Crippen LogP contribution >= 0.6 is 17.0 Å². The lowest BCUT2D eigenvalue weighted by atomic mass is 10.1. The molecule has 3 heteroatoms. The lowest BCUT2D eigenvalue weighted by Crippen LogP contribution is -1.90. The molecule has 0 fully saturated rings. The minimum Gasteiger partial charge on any atom is -0.334 e. The second-order valence-electron chi connectivity index (χ2n) is 3.92. The molecule has 1 heterocycles. The van der Waals surface area contributed by atoms with Crippen LogP contribution in [0, 0.1) is 0 Å². The largest absolute Gasteiger partial charge is 0.334 e. The maximum atomic E-state index is 4.36. The maximum absolute atomic E-state index is 4.36. The van der Waals surface area contributed by atoms with Gasteiger partial charge in [-0.1, -0.05) is 36.4 Å². The Balaban J connectivity index is 0.00000108. The topological polar surface area (TPSA) is 17.8 Å². The smallest absolute Gasteiger partial charge is 0.139 e. The van der Waals surface area contributed by atoms with Gasteiger partial charge in [-0.3, -0.25) is 0 Å². The Kier molecular flexibility index (Phi) is 3.29. The minimum atomic E-state index is 0. The Hall–Kier alpha value is -1.61. The highest BCUT2D eigenvalue weighted by Gasteiger charge is 2.03. The van der Waals surface area contributed by atoms with Gasteiger partial charge in [-0.25, -0.2) is 4.98 Å². The van der Waals surface area contributed by atoms with Crippen molar-refractivity contribution >= 4 is 27.8 Å². The molecule has 0 N–H and O–H groups in total. The van der Waals surface area contributed by atoms with Crippen molar-refractivity contribution < 1.29 is 0 Å². The van der Waals surface area contributed by atoms with E-state index in [0.717, 1.165) is 11.4 Å². The monoisotopic (exact) mass is 288 g/mol. The fourth-order valence-electron chi connectivity index (χ4n) is 1.97. The molecule has 2 aromatic carbocycles. The predicted molar refractivity (Wildman–Crippen MR) is 76.5 cm³/mol. The van der Waals surface area contributed by atoms with Crippen LogP contribution in [0.2, 0.25) is 0 Å². The first kappa shape index (κ1) is 11.9. The lowest BCUT2D eigenvalue weighted by molar-refractivity contribution is 0.925. The normalized spacial score (nSPS) is 10.2. The third kappa shape index (κ3) is 2.11. The summed E-state index contributed by atoms with van der Waals surface area (Å²) in [5.74, 6) is 1.01. The average Bonchev–Trinajstić information content (AvgIpc) is 2.75. The molecular weight excluding hydrogens is 276 g/mol. The van der Waals surface area contributed by atoms with Gasteiger partial charge in [0.15, 0.2) is 0 Å². The summed E-state index contributed by atoms with van der Waals surface area (Å²) in [6.45, 7) is 0. The fourth-order valence-corrected chi connectivity index (χ4v) is 1.97. The molecule has 0 unspecified atom stereocenters. The molecule has 2 nitrogen and oxygen atoms in total. The fraction of sp³-hybridized carbons (Fsp3) is 0.0714. The number of rotatable bonds is 1. The van der Waals surface area contributed by atoms with E-state index >= 15 is 0 Å². The number of aromatic nitrogens is 2. The minimum absolute atomic E-state index is 0. The van der Waals surface area contributed by atoms with Crippen molar-refractivity contribution in [1.82, 2.24) is 9.55 Å². The van der Waals surface area contributed by atoms with Crippen molar-refractivity contribution in [2.24, 2.45) is 7.05 Å². The van der Waals surface area contributed by atoms with Crippen LogP contribution in [0.1, 0.15) is 0 Å². The van der Waals surface area contributed by atoms with Gasteiger partial charge in [0.2, 0.25) is 0 Å². The molecule has 0 aliphatic carbocycles. The summed E-state index contributed by atoms with van der Waals surface area (Å²) in [6, 6.07) is 14.8. The van der Waals surface area contributed by atoms with Crippen molar-refractivity contribution in [2.45, 2.75) is 0 Å². The van der Waals surface area contributed by atoms with Gasteiger partial charge in [-0.15, -0.1) is 17.0 Å². The van der Waals surface area contributed by atoms with E-state index in [9.17, 15) is 0 Å². The number of imidazole rings is 1. The quantitative estimate of drug-likeness (QED) is 0.666. The number of nitrogens with zero attached hydrogens (tertiary/aromatic N) is 2. The van der Waals surface area contributed by atoms with Crippen LogP contribution in [0.25, 0.3) is 22.2 Å². The van der Waals surface area contributed by atoms with Crippen LogP contribution in [-0.4, -0.2) is 9.55 Å². The number of fused-ring (bicyclic) bond motifs is 1. The van der Waals surface area contributed by atoms with Crippen LogP contribution in [0.4, 0.5) is 0 Å². The van der Waals surface area contributed by atoms with Crippen molar-refractivity contribution in [1.29, 1.82) is 0 Å². The van der Waals surface area contributed by atoms with Crippen molar-refractivity contribution in [3.8, 4) is 11.4 Å². The Morgan fingerprint density at radius 3 is 2.47 bits per heavy atom. The Morgan fingerprint density at radius 1 is 1.00 bits per heavy atom. The predicted octanol–water partition coefficient (Wildman–Crippen LogP) is 3.82. The molecule has 0 atom stereocenters. The van der Waals surface area contributed by atoms with E-state index in [0.29, 0.717) is 0 Å². The molecule has 0 spiro atoms. The van der Waals surface area contributed by atoms with E-state index in [-0.39, 0.29) is 17.0 Å². The zero-order chi connectivity index (χ0) is 11.0. The Morgan fingerprint density at radius 2 is 1.76 bits per heavy atom. The van der Waals surface area contributed by atoms with Crippen LogP contribution in [0.15, 0.2) is 54.9 Å². The first-order valence-electron chi connectivity index (χ1n) is 5.31. The summed E-state index contributed by atoms with van der Waals surface area (Å²) in [6.07, 6.45) is 3.79. The summed E-state index contributed by atoms with van der Waals surface area (Å²) in [5.41, 5.74) is 1.16. The molecule has 1 aromatic heterocycles. The van der Waals surface area contributed by atoms with E-state index < -0.39 is 0 Å². The molecule has 3 aromatic rings. The van der Waals surface area contributed by atoms with Gasteiger partial charge in [0, 0.05) is 25.0 Å². The summed E-state index contributed by atoms with van der Waals surface area (Å²) >= 11 is 0. The summed E-state index contributed by atoms with van der Waals surface area (Å²) in [5, 5.41) is 2.52. The Bertz CT molecular complexity index is 643. The molecule has 3 rings (SSSR count). The summed E-state index contributed by atoms with van der Waals surface area (Å²) in [7, 11) is 2.01. The summed E-state index contributed by atoms with van der Waals surface area (Å²) < 4.78 is 2.03. The number of hydrogen-bond acceptors (Lipinski definition) is 1. The van der Waals surface area contributed by atoms with Gasteiger partial charge in [0.25, 0.3) is 0 Å². The highest BCUT2D eigenvalue weighted by atomic mass is 79.9. The van der Waals surface area contributed by atoms with Crippen LogP contribution in [0.5, 0.6) is 0 Å². The van der Waals surface area contributed by atoms with E-state index in [4.69, 9.17) is 0 Å². The van der Waals surface area contributed by atoms with Crippen LogP contribution < -0.4 is 0 Å². The molecule has 0 amide bonds. The van der Waals surface area contributed by atoms with E-state index in [1.54, 1.807) is 0 Å². The van der Waals surface area contributed by atoms with Crippen LogP contribution in [0.3, 0.4) is 0 Å². The molecule has 0 bridgehead atoms. The zero-order valence-electron chi connectivity index (χ0n) is 9.50. The average molecular weight is 289 g/mol. The third-order valence-electron chi connectivity index (χ3n) is 2.83. The first-order chi connectivity index (χ1) is 7.84. The second kappa shape index (κ2) is 4.72. The molecule has 0 radical (unpaired) electrons. The van der Waals surface area contributed by atoms with E-state index in [1.807, 2.05) is 24.0 Å². The standard InChI is InChI=1S/C14H12N2.BrH/c1-16-9-8-15-14(16)13-7-6-11-4-2-3-5-12(11)10-13;/h2-10H,1H3;1H. The first-order valence-corrected chi connectivity index (χ1v) is 5.31. The molecule has 0 saturated carbocycles. The van der Waals surface area contributed by atoms with Gasteiger partial charge >= 0.3 is 0 Å². The van der Waals surface area contributed by atoms with Crippen molar-refractivity contribution in [3.05, 3.63) is 54.9 Å². The van der Waals surface area contributed by atoms with Gasteiger partial charge in [0.05, 0.1) is 0 Å². The molecule has 0 aliphatic rings. The number of hydrogen-bond donors (Lipinski definition) is 0. The SMILES string of the molecule is Br.Cn1ccnc1-c1ccc2ccccc2c1. The van der Waals surface area contributed by atoms with Crippen LogP contribution in [-0.2, 0) is 7.05 Å². The maximum Gasteiger partial charge on any atom is 0.139 e. The van der Waals surface area contributed by atoms with Gasteiger partial charge in [0.1, 0.15) is 5.82 Å². The van der Waals surface area contributed by atoms with Crippen molar-refractivity contribution in [3.63, 3.8) is 0 Å². The van der Waals surface area contributed by atoms with Gasteiger partial charge in [-0.05, 0) is 16.8 Å². The highest BCUT2D eigenvalue weighted by molar-refractivity contribution is 8.93. The van der Waals surface area contributed by atoms with Gasteiger partial charge < -0.3 is 4.57 Å². The molecule has 0 aliphatic heterocycles. The number of benzene rings is 2. The third-order valence-corrected chi connectivity index (χ3v) is 2.83. The highest BCUT2D eigenvalue weighted by Crippen LogP contribution is 2.22. The van der Waals surface area contributed by atoms with E-state index in [2.05, 4.69) is 47.4 Å². The molecular formula is C14H13BrN2. The Labute approximate surface area is 111 Å². The van der Waals surface area contributed by atoms with Gasteiger partial charge in [-0.2, -0.15) is 0 Å². The summed E-state index contributed by atoms with van der Waals surface area (Å²) in [4.78, 5) is 4.36. The van der Waals surface area contributed by atoms with E-state index in [1.165, 1.54) is 10.8 Å². The molecule has 17 heavy (non-hydrogen) atoms. The number of halogens is 1. The lowest BCUT2D eigenvalue weighted by Gasteiger charge is -2.03. The number of aryl methyl sites for hydroxylation is 1. The zero-order valence-corrected chi connectivity index (χ0v) is 11.2.